The van der Waals surface area contributed by atoms with Gasteiger partial charge in [-0.3, -0.25) is 10.1 Å². The highest BCUT2D eigenvalue weighted by atomic mass is 79.9. The minimum atomic E-state index is -0.357. The van der Waals surface area contributed by atoms with Crippen LogP contribution in [-0.2, 0) is 0 Å². The Bertz CT molecular complexity index is 260. The third-order valence-corrected chi connectivity index (χ3v) is 3.23. The zero-order valence-corrected chi connectivity index (χ0v) is 8.37. The molecule has 0 heterocycles. The smallest absolute Gasteiger partial charge is 0.258 e. The monoisotopic (exact) mass is 231 g/mol. The molecule has 0 aromatic carbocycles. The molecule has 12 heavy (non-hydrogen) atoms. The van der Waals surface area contributed by atoms with Crippen LogP contribution in [0.2, 0.25) is 0 Å². The van der Waals surface area contributed by atoms with Crippen LogP contribution >= 0.6 is 15.9 Å². The lowest BCUT2D eigenvalue weighted by atomic mass is 9.85. The highest BCUT2D eigenvalue weighted by Gasteiger charge is 2.24. The molecular formula is C8H10BrNO2. The fourth-order valence-corrected chi connectivity index (χ4v) is 1.41. The first-order valence-corrected chi connectivity index (χ1v) is 4.79. The van der Waals surface area contributed by atoms with E-state index in [0.717, 1.165) is 11.8 Å². The molecule has 66 valence electrons. The fourth-order valence-electron chi connectivity index (χ4n) is 0.995. The summed E-state index contributed by atoms with van der Waals surface area (Å²) in [4.78, 5) is 9.97. The van der Waals surface area contributed by atoms with E-state index >= 15 is 0 Å². The van der Waals surface area contributed by atoms with E-state index in [1.54, 1.807) is 12.2 Å². The average Bonchev–Trinajstić information content (AvgIpc) is 2.05. The molecule has 0 spiro atoms. The molecule has 0 fully saturated rings. The highest BCUT2D eigenvalue weighted by Crippen LogP contribution is 2.30. The van der Waals surface area contributed by atoms with E-state index in [2.05, 4.69) is 22.9 Å². The third-order valence-electron chi connectivity index (χ3n) is 1.95. The molecule has 0 bridgehead atoms. The predicted octanol–water partition coefficient (Wildman–Crippen LogP) is 2.51. The van der Waals surface area contributed by atoms with Crippen LogP contribution in [0.4, 0.5) is 0 Å². The molecule has 3 nitrogen and oxygen atoms in total. The first-order valence-electron chi connectivity index (χ1n) is 3.67. The second-order valence-corrected chi connectivity index (χ2v) is 3.77. The molecule has 0 aromatic rings. The molecule has 1 aliphatic carbocycles. The molecular weight excluding hydrogens is 222 g/mol. The van der Waals surface area contributed by atoms with Gasteiger partial charge in [-0.25, -0.2) is 0 Å². The van der Waals surface area contributed by atoms with Gasteiger partial charge in [0, 0.05) is 11.4 Å². The summed E-state index contributed by atoms with van der Waals surface area (Å²) in [6.07, 6.45) is 5.86. The molecule has 0 amide bonds. The molecule has 0 N–H and O–H groups in total. The van der Waals surface area contributed by atoms with Gasteiger partial charge in [0.1, 0.15) is 0 Å². The Morgan fingerprint density at radius 2 is 2.50 bits per heavy atom. The molecule has 1 atom stereocenters. The van der Waals surface area contributed by atoms with E-state index in [-0.39, 0.29) is 16.0 Å². The van der Waals surface area contributed by atoms with Crippen LogP contribution in [0.25, 0.3) is 0 Å². The van der Waals surface area contributed by atoms with Gasteiger partial charge in [-0.05, 0) is 17.9 Å². The van der Waals surface area contributed by atoms with Crippen molar-refractivity contribution in [3.05, 3.63) is 34.0 Å². The number of hydrogen-bond donors (Lipinski definition) is 0. The maximum atomic E-state index is 10.3. The van der Waals surface area contributed by atoms with Gasteiger partial charge in [0.2, 0.25) is 0 Å². The van der Waals surface area contributed by atoms with Crippen LogP contribution in [0.15, 0.2) is 23.9 Å². The van der Waals surface area contributed by atoms with Crippen LogP contribution in [0, 0.1) is 15.5 Å². The van der Waals surface area contributed by atoms with E-state index in [4.69, 9.17) is 0 Å². The van der Waals surface area contributed by atoms with Gasteiger partial charge in [0.15, 0.2) is 0 Å². The van der Waals surface area contributed by atoms with Crippen molar-refractivity contribution >= 4 is 15.9 Å². The normalized spacial score (nSPS) is 28.3. The summed E-state index contributed by atoms with van der Waals surface area (Å²) in [6.45, 7) is 2.06. The third kappa shape index (κ3) is 1.94. The van der Waals surface area contributed by atoms with Crippen molar-refractivity contribution in [3.8, 4) is 0 Å². The number of rotatable bonds is 2. The molecule has 1 rings (SSSR count). The number of halogens is 1. The number of allylic oxidation sites excluding steroid dienone is 3. The molecule has 1 unspecified atom stereocenters. The van der Waals surface area contributed by atoms with E-state index in [1.807, 2.05) is 6.08 Å². The second-order valence-electron chi connectivity index (χ2n) is 3.21. The van der Waals surface area contributed by atoms with E-state index in [0.29, 0.717) is 0 Å². The van der Waals surface area contributed by atoms with Gasteiger partial charge < -0.3 is 0 Å². The largest absolute Gasteiger partial charge is 0.265 e. The number of hydrogen-bond acceptors (Lipinski definition) is 2. The minimum absolute atomic E-state index is 0.0412. The molecule has 1 aliphatic rings. The summed E-state index contributed by atoms with van der Waals surface area (Å²) in [7, 11) is 0. The van der Waals surface area contributed by atoms with Gasteiger partial charge in [-0.2, -0.15) is 0 Å². The average molecular weight is 232 g/mol. The number of nitrogens with zero attached hydrogens (tertiary/aromatic N) is 1. The van der Waals surface area contributed by atoms with Crippen molar-refractivity contribution in [3.63, 3.8) is 0 Å². The first kappa shape index (κ1) is 9.45. The van der Waals surface area contributed by atoms with Crippen molar-refractivity contribution in [2.45, 2.75) is 13.3 Å². The Morgan fingerprint density at radius 1 is 1.83 bits per heavy atom. The van der Waals surface area contributed by atoms with E-state index in [9.17, 15) is 10.1 Å². The molecule has 4 heteroatoms. The predicted molar refractivity (Wildman–Crippen MR) is 50.7 cm³/mol. The maximum absolute atomic E-state index is 10.3. The Balaban J connectivity index is 2.74. The zero-order chi connectivity index (χ0) is 9.19. The molecule has 0 saturated carbocycles. The van der Waals surface area contributed by atoms with Crippen molar-refractivity contribution in [2.24, 2.45) is 5.41 Å². The van der Waals surface area contributed by atoms with Crippen molar-refractivity contribution in [1.29, 1.82) is 0 Å². The number of nitro groups is 1. The van der Waals surface area contributed by atoms with Gasteiger partial charge >= 0.3 is 0 Å². The van der Waals surface area contributed by atoms with Crippen LogP contribution in [0.1, 0.15) is 13.3 Å². The van der Waals surface area contributed by atoms with Crippen LogP contribution < -0.4 is 0 Å². The topological polar surface area (TPSA) is 43.1 Å². The summed E-state index contributed by atoms with van der Waals surface area (Å²) in [6, 6.07) is 0. The summed E-state index contributed by atoms with van der Waals surface area (Å²) < 4.78 is 0. The number of alkyl halides is 1. The van der Waals surface area contributed by atoms with E-state index in [1.165, 1.54) is 0 Å². The van der Waals surface area contributed by atoms with Gasteiger partial charge in [-0.1, -0.05) is 28.9 Å². The zero-order valence-electron chi connectivity index (χ0n) is 6.79. The lowest BCUT2D eigenvalue weighted by molar-refractivity contribution is -0.419. The Hall–Kier alpha value is -0.640. The molecule has 0 aliphatic heterocycles. The molecule has 0 saturated heterocycles. The highest BCUT2D eigenvalue weighted by molar-refractivity contribution is 9.09. The summed E-state index contributed by atoms with van der Waals surface area (Å²) in [5.74, 6) is 0. The van der Waals surface area contributed by atoms with Crippen LogP contribution in [-0.4, -0.2) is 10.3 Å². The lowest BCUT2D eigenvalue weighted by Gasteiger charge is -2.22. The van der Waals surface area contributed by atoms with Gasteiger partial charge in [0.25, 0.3) is 5.70 Å². The standard InChI is InChI=1S/C8H10BrNO2/c1-8(6-9)4-2-7(3-5-8)10(11)12/h2-4H,5-6H2,1H3. The Morgan fingerprint density at radius 3 is 2.83 bits per heavy atom. The lowest BCUT2D eigenvalue weighted by Crippen LogP contribution is -2.17. The molecule has 0 radical (unpaired) electrons. The second kappa shape index (κ2) is 3.39. The SMILES string of the molecule is CC1(CBr)C=CC([N+](=O)[O-])=CC1. The summed E-state index contributed by atoms with van der Waals surface area (Å²) >= 11 is 3.37. The summed E-state index contributed by atoms with van der Waals surface area (Å²) in [5.41, 5.74) is 0.243. The minimum Gasteiger partial charge on any atom is -0.258 e. The van der Waals surface area contributed by atoms with Crippen molar-refractivity contribution in [1.82, 2.24) is 0 Å². The Labute approximate surface area is 79.4 Å². The van der Waals surface area contributed by atoms with E-state index < -0.39 is 0 Å². The van der Waals surface area contributed by atoms with Crippen molar-refractivity contribution < 1.29 is 4.92 Å². The van der Waals surface area contributed by atoms with Crippen LogP contribution in [0.3, 0.4) is 0 Å². The molecule has 0 aromatic heterocycles. The van der Waals surface area contributed by atoms with Crippen molar-refractivity contribution in [2.75, 3.05) is 5.33 Å². The fraction of sp³-hybridized carbons (Fsp3) is 0.500. The maximum Gasteiger partial charge on any atom is 0.265 e. The van der Waals surface area contributed by atoms with Gasteiger partial charge in [0.05, 0.1) is 4.92 Å². The Kier molecular flexibility index (Phi) is 2.67. The van der Waals surface area contributed by atoms with Gasteiger partial charge in [-0.15, -0.1) is 0 Å². The quantitative estimate of drug-likeness (QED) is 0.417. The summed E-state index contributed by atoms with van der Waals surface area (Å²) in [5, 5.41) is 11.2. The first-order chi connectivity index (χ1) is 5.57. The van der Waals surface area contributed by atoms with Crippen LogP contribution in [0.5, 0.6) is 0 Å².